The van der Waals surface area contributed by atoms with Crippen molar-refractivity contribution in [1.29, 1.82) is 0 Å². The van der Waals surface area contributed by atoms with Crippen LogP contribution in [0.1, 0.15) is 63.2 Å². The van der Waals surface area contributed by atoms with Gasteiger partial charge in [-0.1, -0.05) is 32.8 Å². The molecule has 20 heavy (non-hydrogen) atoms. The van der Waals surface area contributed by atoms with E-state index in [2.05, 4.69) is 0 Å². The summed E-state index contributed by atoms with van der Waals surface area (Å²) in [4.78, 5) is 0. The van der Waals surface area contributed by atoms with E-state index >= 15 is 0 Å². The van der Waals surface area contributed by atoms with Crippen LogP contribution in [0.5, 0.6) is 5.75 Å². The molecule has 1 aromatic rings. The van der Waals surface area contributed by atoms with Crippen molar-refractivity contribution in [1.82, 2.24) is 0 Å². The van der Waals surface area contributed by atoms with Crippen LogP contribution >= 0.6 is 0 Å². The highest BCUT2D eigenvalue weighted by atomic mass is 16.3. The molecule has 0 aliphatic heterocycles. The van der Waals surface area contributed by atoms with Crippen molar-refractivity contribution >= 4 is 0 Å². The molecule has 1 rings (SSSR count). The minimum absolute atomic E-state index is 0.0463. The number of aliphatic hydroxyl groups excluding tert-OH is 1. The maximum Gasteiger partial charge on any atom is 0.121 e. The minimum Gasteiger partial charge on any atom is -0.508 e. The van der Waals surface area contributed by atoms with Crippen LogP contribution in [0.3, 0.4) is 0 Å². The van der Waals surface area contributed by atoms with Crippen molar-refractivity contribution in [3.8, 4) is 5.75 Å². The highest BCUT2D eigenvalue weighted by Crippen LogP contribution is 2.36. The van der Waals surface area contributed by atoms with Gasteiger partial charge in [0, 0.05) is 5.56 Å². The summed E-state index contributed by atoms with van der Waals surface area (Å²) in [5, 5.41) is 30.7. The maximum atomic E-state index is 10.8. The van der Waals surface area contributed by atoms with Crippen LogP contribution in [0.15, 0.2) is 18.2 Å². The topological polar surface area (TPSA) is 86.7 Å². The molecule has 0 saturated heterocycles. The van der Waals surface area contributed by atoms with Crippen molar-refractivity contribution in [3.05, 3.63) is 29.3 Å². The second-order valence-corrected chi connectivity index (χ2v) is 5.40. The Balaban J connectivity index is 3.14. The molecular formula is C16H27NO3. The van der Waals surface area contributed by atoms with Gasteiger partial charge in [-0.15, -0.1) is 0 Å². The zero-order chi connectivity index (χ0) is 15.2. The van der Waals surface area contributed by atoms with Crippen LogP contribution in [-0.2, 0) is 5.60 Å². The average molecular weight is 281 g/mol. The lowest BCUT2D eigenvalue weighted by Gasteiger charge is -2.29. The van der Waals surface area contributed by atoms with Crippen molar-refractivity contribution in [2.45, 2.75) is 57.7 Å². The van der Waals surface area contributed by atoms with E-state index in [9.17, 15) is 15.3 Å². The van der Waals surface area contributed by atoms with Crippen LogP contribution in [-0.4, -0.2) is 21.9 Å². The molecule has 4 heteroatoms. The van der Waals surface area contributed by atoms with Crippen LogP contribution in [0.25, 0.3) is 0 Å². The molecule has 0 fully saturated rings. The number of rotatable bonds is 8. The van der Waals surface area contributed by atoms with E-state index in [1.165, 1.54) is 0 Å². The molecule has 0 aromatic heterocycles. The summed E-state index contributed by atoms with van der Waals surface area (Å²) in [6.07, 6.45) is 2.66. The summed E-state index contributed by atoms with van der Waals surface area (Å²) < 4.78 is 0. The summed E-state index contributed by atoms with van der Waals surface area (Å²) in [7, 11) is 0. The number of hydrogen-bond acceptors (Lipinski definition) is 4. The summed E-state index contributed by atoms with van der Waals surface area (Å²) in [6, 6.07) is 4.99. The minimum atomic E-state index is -0.894. The van der Waals surface area contributed by atoms with Crippen LogP contribution < -0.4 is 5.73 Å². The average Bonchev–Trinajstić information content (AvgIpc) is 2.39. The molecule has 0 aliphatic carbocycles. The van der Waals surface area contributed by atoms with E-state index in [0.717, 1.165) is 18.4 Å². The van der Waals surface area contributed by atoms with Crippen molar-refractivity contribution in [2.24, 2.45) is 5.73 Å². The second-order valence-electron chi connectivity index (χ2n) is 5.40. The summed E-state index contributed by atoms with van der Waals surface area (Å²) in [6.45, 7) is 4.41. The van der Waals surface area contributed by atoms with Gasteiger partial charge >= 0.3 is 0 Å². The van der Waals surface area contributed by atoms with Crippen LogP contribution in [0, 0.1) is 0 Å². The van der Waals surface area contributed by atoms with Gasteiger partial charge in [0.1, 0.15) is 5.75 Å². The normalized spacial score (nSPS) is 13.4. The van der Waals surface area contributed by atoms with E-state index in [0.29, 0.717) is 31.4 Å². The quantitative estimate of drug-likeness (QED) is 0.590. The Bertz CT molecular complexity index is 414. The number of phenolic OH excluding ortho intramolecular Hbond substituents is 1. The third kappa shape index (κ3) is 3.95. The van der Waals surface area contributed by atoms with Gasteiger partial charge in [-0.3, -0.25) is 0 Å². The van der Waals surface area contributed by atoms with Gasteiger partial charge in [-0.25, -0.2) is 0 Å². The number of aliphatic hydroxyl groups is 2. The lowest BCUT2D eigenvalue weighted by Crippen LogP contribution is -2.25. The first-order valence-corrected chi connectivity index (χ1v) is 7.42. The highest BCUT2D eigenvalue weighted by molar-refractivity contribution is 5.40. The maximum absolute atomic E-state index is 10.8. The largest absolute Gasteiger partial charge is 0.508 e. The van der Waals surface area contributed by atoms with Gasteiger partial charge < -0.3 is 21.1 Å². The summed E-state index contributed by atoms with van der Waals surface area (Å²) in [5.41, 5.74) is 5.75. The summed E-state index contributed by atoms with van der Waals surface area (Å²) in [5.74, 6) is 0.0463. The second kappa shape index (κ2) is 7.62. The van der Waals surface area contributed by atoms with Crippen molar-refractivity contribution < 1.29 is 15.3 Å². The third-order valence-corrected chi connectivity index (χ3v) is 3.69. The van der Waals surface area contributed by atoms with Gasteiger partial charge in [-0.2, -0.15) is 0 Å². The third-order valence-electron chi connectivity index (χ3n) is 3.69. The molecule has 0 amide bonds. The first-order chi connectivity index (χ1) is 9.48. The Hall–Kier alpha value is -1.10. The number of phenols is 1. The predicted molar refractivity (Wildman–Crippen MR) is 80.5 cm³/mol. The monoisotopic (exact) mass is 281 g/mol. The molecule has 5 N–H and O–H groups in total. The van der Waals surface area contributed by atoms with Gasteiger partial charge in [0.25, 0.3) is 0 Å². The first-order valence-electron chi connectivity index (χ1n) is 7.42. The Labute approximate surface area is 121 Å². The fourth-order valence-electron chi connectivity index (χ4n) is 2.67. The Morgan fingerprint density at radius 3 is 2.30 bits per heavy atom. The SMILES string of the molecule is CCCC(O)(CCC)c1ccc(O)c(C(O)CCN)c1. The molecule has 1 atom stereocenters. The molecule has 0 bridgehead atoms. The molecule has 0 radical (unpaired) electrons. The molecule has 1 unspecified atom stereocenters. The zero-order valence-electron chi connectivity index (χ0n) is 12.5. The lowest BCUT2D eigenvalue weighted by molar-refractivity contribution is 0.0167. The van der Waals surface area contributed by atoms with E-state index in [1.807, 2.05) is 13.8 Å². The molecule has 0 saturated carbocycles. The fourth-order valence-corrected chi connectivity index (χ4v) is 2.67. The highest BCUT2D eigenvalue weighted by Gasteiger charge is 2.28. The Kier molecular flexibility index (Phi) is 6.46. The smallest absolute Gasteiger partial charge is 0.121 e. The molecular weight excluding hydrogens is 254 g/mol. The van der Waals surface area contributed by atoms with E-state index in [1.54, 1.807) is 18.2 Å². The zero-order valence-corrected chi connectivity index (χ0v) is 12.5. The number of benzene rings is 1. The molecule has 114 valence electrons. The van der Waals surface area contributed by atoms with Crippen molar-refractivity contribution in [2.75, 3.05) is 6.54 Å². The molecule has 0 aliphatic rings. The summed E-state index contributed by atoms with van der Waals surface area (Å²) >= 11 is 0. The number of nitrogens with two attached hydrogens (primary N) is 1. The Morgan fingerprint density at radius 1 is 1.20 bits per heavy atom. The standard InChI is InChI=1S/C16H27NO3/c1-3-8-16(20,9-4-2)12-5-6-14(18)13(11-12)15(19)7-10-17/h5-6,11,15,18-20H,3-4,7-10,17H2,1-2H3. The van der Waals surface area contributed by atoms with E-state index < -0.39 is 11.7 Å². The van der Waals surface area contributed by atoms with Gasteiger partial charge in [0.05, 0.1) is 11.7 Å². The van der Waals surface area contributed by atoms with E-state index in [4.69, 9.17) is 5.73 Å². The van der Waals surface area contributed by atoms with E-state index in [-0.39, 0.29) is 5.75 Å². The van der Waals surface area contributed by atoms with Crippen LogP contribution in [0.4, 0.5) is 0 Å². The van der Waals surface area contributed by atoms with Gasteiger partial charge in [-0.05, 0) is 43.5 Å². The molecule has 0 spiro atoms. The number of aromatic hydroxyl groups is 1. The first kappa shape index (κ1) is 17.0. The van der Waals surface area contributed by atoms with Gasteiger partial charge in [0.2, 0.25) is 0 Å². The van der Waals surface area contributed by atoms with Crippen molar-refractivity contribution in [3.63, 3.8) is 0 Å². The predicted octanol–water partition coefficient (Wildman–Crippen LogP) is 2.56. The molecule has 4 nitrogen and oxygen atoms in total. The Morgan fingerprint density at radius 2 is 1.80 bits per heavy atom. The van der Waals surface area contributed by atoms with Crippen LogP contribution in [0.2, 0.25) is 0 Å². The lowest BCUT2D eigenvalue weighted by atomic mass is 9.84. The van der Waals surface area contributed by atoms with Gasteiger partial charge in [0.15, 0.2) is 0 Å². The fraction of sp³-hybridized carbons (Fsp3) is 0.625. The molecule has 1 aromatic carbocycles. The molecule has 0 heterocycles. The number of hydrogen-bond donors (Lipinski definition) is 4.